The van der Waals surface area contributed by atoms with Crippen LogP contribution in [0.4, 0.5) is 0 Å². The summed E-state index contributed by atoms with van der Waals surface area (Å²) in [5.74, 6) is 2.10. The molecule has 3 aliphatic carbocycles. The van der Waals surface area contributed by atoms with Gasteiger partial charge in [0.2, 0.25) is 0 Å². The maximum atomic E-state index is 3.82. The van der Waals surface area contributed by atoms with Crippen molar-refractivity contribution >= 4 is 31.9 Å². The van der Waals surface area contributed by atoms with Crippen LogP contribution in [0.1, 0.15) is 58.3 Å². The highest BCUT2D eigenvalue weighted by atomic mass is 79.9. The molecule has 92 valence electrons. The Balaban J connectivity index is 1.79. The minimum absolute atomic E-state index is 0.547. The maximum Gasteiger partial charge on any atom is 0.0759 e. The monoisotopic (exact) mass is 348 g/mol. The van der Waals surface area contributed by atoms with Crippen LogP contribution in [0.15, 0.2) is 0 Å². The molecular formula is C14H22Br2. The summed E-state index contributed by atoms with van der Waals surface area (Å²) in [6, 6.07) is 0. The van der Waals surface area contributed by atoms with Gasteiger partial charge in [0.05, 0.1) is 3.74 Å². The number of fused-ring (bicyclic) bond motifs is 1. The van der Waals surface area contributed by atoms with E-state index >= 15 is 0 Å². The fourth-order valence-corrected chi connectivity index (χ4v) is 6.55. The van der Waals surface area contributed by atoms with Gasteiger partial charge in [0.1, 0.15) is 0 Å². The molecule has 2 unspecified atom stereocenters. The lowest BCUT2D eigenvalue weighted by Crippen LogP contribution is -2.24. The molecule has 0 heterocycles. The number of alkyl halides is 2. The normalized spacial score (nSPS) is 45.8. The SMILES string of the molecule is CC1(C2(C(Br)Br)CC2)C2CCCCCCC21. The molecular weight excluding hydrogens is 328 g/mol. The van der Waals surface area contributed by atoms with Crippen LogP contribution in [0, 0.1) is 22.7 Å². The lowest BCUT2D eigenvalue weighted by atomic mass is 9.84. The van der Waals surface area contributed by atoms with Crippen LogP contribution in [-0.4, -0.2) is 3.74 Å². The van der Waals surface area contributed by atoms with Gasteiger partial charge in [-0.25, -0.2) is 0 Å². The summed E-state index contributed by atoms with van der Waals surface area (Å²) in [5, 5.41) is 0. The first-order valence-corrected chi connectivity index (χ1v) is 8.74. The first kappa shape index (κ1) is 12.0. The van der Waals surface area contributed by atoms with E-state index in [1.54, 1.807) is 0 Å². The molecule has 3 rings (SSSR count). The Morgan fingerprint density at radius 3 is 1.81 bits per heavy atom. The zero-order valence-electron chi connectivity index (χ0n) is 10.1. The van der Waals surface area contributed by atoms with Crippen LogP contribution < -0.4 is 0 Å². The quantitative estimate of drug-likeness (QED) is 0.578. The summed E-state index contributed by atoms with van der Waals surface area (Å²) >= 11 is 7.65. The van der Waals surface area contributed by atoms with Crippen LogP contribution in [0.5, 0.6) is 0 Å². The lowest BCUT2D eigenvalue weighted by Gasteiger charge is -2.27. The van der Waals surface area contributed by atoms with Crippen molar-refractivity contribution in [2.45, 2.75) is 62.0 Å². The van der Waals surface area contributed by atoms with Gasteiger partial charge in [-0.3, -0.25) is 0 Å². The predicted molar refractivity (Wildman–Crippen MR) is 76.1 cm³/mol. The second-order valence-electron chi connectivity index (χ2n) is 6.44. The second-order valence-corrected chi connectivity index (χ2v) is 9.50. The standard InChI is InChI=1S/C14H22Br2/c1-13(14(8-9-14)12(15)16)10-6-4-2-3-5-7-11(10)13/h10-12H,2-9H2,1H3. The summed E-state index contributed by atoms with van der Waals surface area (Å²) in [5.41, 5.74) is 1.27. The van der Waals surface area contributed by atoms with Gasteiger partial charge in [-0.05, 0) is 48.3 Å². The van der Waals surface area contributed by atoms with Crippen LogP contribution in [0.3, 0.4) is 0 Å². The molecule has 0 aromatic rings. The van der Waals surface area contributed by atoms with Crippen molar-refractivity contribution in [3.05, 3.63) is 0 Å². The molecule has 0 nitrogen and oxygen atoms in total. The molecule has 3 saturated carbocycles. The highest BCUT2D eigenvalue weighted by Gasteiger charge is 2.74. The molecule has 0 amide bonds. The molecule has 2 heteroatoms. The molecule has 0 saturated heterocycles. The van der Waals surface area contributed by atoms with Gasteiger partial charge in [0, 0.05) is 0 Å². The van der Waals surface area contributed by atoms with Gasteiger partial charge in [-0.2, -0.15) is 0 Å². The minimum atomic E-state index is 0.547. The molecule has 0 aromatic carbocycles. The van der Waals surface area contributed by atoms with Crippen LogP contribution >= 0.6 is 31.9 Å². The van der Waals surface area contributed by atoms with E-state index in [1.165, 1.54) is 51.4 Å². The molecule has 0 aromatic heterocycles. The van der Waals surface area contributed by atoms with Crippen molar-refractivity contribution in [1.82, 2.24) is 0 Å². The first-order chi connectivity index (χ1) is 7.63. The number of rotatable bonds is 2. The highest BCUT2D eigenvalue weighted by molar-refractivity contribution is 9.24. The Labute approximate surface area is 116 Å². The van der Waals surface area contributed by atoms with Crippen molar-refractivity contribution in [3.8, 4) is 0 Å². The van der Waals surface area contributed by atoms with Gasteiger partial charge in [-0.15, -0.1) is 0 Å². The third-order valence-corrected chi connectivity index (χ3v) is 7.73. The lowest BCUT2D eigenvalue weighted by molar-refractivity contribution is 0.281. The summed E-state index contributed by atoms with van der Waals surface area (Å²) < 4.78 is 0.547. The van der Waals surface area contributed by atoms with E-state index in [1.807, 2.05) is 0 Å². The largest absolute Gasteiger partial charge is 0.0759 e. The van der Waals surface area contributed by atoms with Gasteiger partial charge < -0.3 is 0 Å². The van der Waals surface area contributed by atoms with E-state index in [0.29, 0.717) is 14.6 Å². The Bertz CT molecular complexity index is 266. The Morgan fingerprint density at radius 2 is 1.44 bits per heavy atom. The molecule has 0 spiro atoms. The topological polar surface area (TPSA) is 0 Å². The smallest absolute Gasteiger partial charge is 0.0758 e. The van der Waals surface area contributed by atoms with Crippen molar-refractivity contribution < 1.29 is 0 Å². The zero-order valence-corrected chi connectivity index (χ0v) is 13.3. The second kappa shape index (κ2) is 3.98. The predicted octanol–water partition coefficient (Wildman–Crippen LogP) is 5.49. The Morgan fingerprint density at radius 1 is 0.938 bits per heavy atom. The summed E-state index contributed by atoms with van der Waals surface area (Å²) in [6.45, 7) is 2.59. The summed E-state index contributed by atoms with van der Waals surface area (Å²) in [6.07, 6.45) is 11.8. The Hall–Kier alpha value is 0.960. The van der Waals surface area contributed by atoms with E-state index in [-0.39, 0.29) is 0 Å². The van der Waals surface area contributed by atoms with Gasteiger partial charge in [0.15, 0.2) is 0 Å². The zero-order chi connectivity index (χ0) is 11.4. The molecule has 3 aliphatic rings. The molecule has 0 radical (unpaired) electrons. The van der Waals surface area contributed by atoms with Gasteiger partial charge in [-0.1, -0.05) is 64.5 Å². The average molecular weight is 350 g/mol. The molecule has 0 bridgehead atoms. The molecule has 16 heavy (non-hydrogen) atoms. The van der Waals surface area contributed by atoms with Crippen molar-refractivity contribution in [2.75, 3.05) is 0 Å². The van der Waals surface area contributed by atoms with Crippen LogP contribution in [0.2, 0.25) is 0 Å². The van der Waals surface area contributed by atoms with Crippen LogP contribution in [-0.2, 0) is 0 Å². The number of hydrogen-bond acceptors (Lipinski definition) is 0. The molecule has 0 aliphatic heterocycles. The Kier molecular flexibility index (Phi) is 2.99. The maximum absolute atomic E-state index is 3.82. The minimum Gasteiger partial charge on any atom is -0.0758 e. The number of hydrogen-bond donors (Lipinski definition) is 0. The van der Waals surface area contributed by atoms with E-state index in [0.717, 1.165) is 11.8 Å². The van der Waals surface area contributed by atoms with E-state index in [4.69, 9.17) is 0 Å². The molecule has 0 N–H and O–H groups in total. The van der Waals surface area contributed by atoms with Gasteiger partial charge >= 0.3 is 0 Å². The van der Waals surface area contributed by atoms with E-state index < -0.39 is 0 Å². The van der Waals surface area contributed by atoms with Crippen molar-refractivity contribution in [2.24, 2.45) is 22.7 Å². The summed E-state index contributed by atoms with van der Waals surface area (Å²) in [4.78, 5) is 0. The highest BCUT2D eigenvalue weighted by Crippen LogP contribution is 2.81. The first-order valence-electron chi connectivity index (χ1n) is 6.91. The van der Waals surface area contributed by atoms with E-state index in [9.17, 15) is 0 Å². The summed E-state index contributed by atoms with van der Waals surface area (Å²) in [7, 11) is 0. The van der Waals surface area contributed by atoms with E-state index in [2.05, 4.69) is 38.8 Å². The van der Waals surface area contributed by atoms with Crippen LogP contribution in [0.25, 0.3) is 0 Å². The van der Waals surface area contributed by atoms with Crippen molar-refractivity contribution in [1.29, 1.82) is 0 Å². The molecule has 3 fully saturated rings. The fraction of sp³-hybridized carbons (Fsp3) is 1.00. The third-order valence-electron chi connectivity index (χ3n) is 5.98. The van der Waals surface area contributed by atoms with Gasteiger partial charge in [0.25, 0.3) is 0 Å². The average Bonchev–Trinajstić information content (AvgIpc) is 3.04. The molecule has 2 atom stereocenters. The number of halogens is 2. The fourth-order valence-electron chi connectivity index (χ4n) is 4.65. The third kappa shape index (κ3) is 1.51. The van der Waals surface area contributed by atoms with Crippen molar-refractivity contribution in [3.63, 3.8) is 0 Å².